The molecule has 1 aliphatic rings. The van der Waals surface area contributed by atoms with Crippen LogP contribution in [0.4, 0.5) is 0 Å². The van der Waals surface area contributed by atoms with Gasteiger partial charge in [-0.25, -0.2) is 9.97 Å². The molecule has 6 heteroatoms. The predicted molar refractivity (Wildman–Crippen MR) is 97.7 cm³/mol. The van der Waals surface area contributed by atoms with Gasteiger partial charge in [-0.2, -0.15) is 0 Å². The van der Waals surface area contributed by atoms with Gasteiger partial charge >= 0.3 is 0 Å². The van der Waals surface area contributed by atoms with Crippen molar-refractivity contribution >= 4 is 5.91 Å². The lowest BCUT2D eigenvalue weighted by Crippen LogP contribution is -2.48. The van der Waals surface area contributed by atoms with E-state index in [4.69, 9.17) is 4.74 Å². The molecular formula is C20H25N3O3. The van der Waals surface area contributed by atoms with Crippen LogP contribution in [0.25, 0.3) is 0 Å². The van der Waals surface area contributed by atoms with Gasteiger partial charge in [-0.3, -0.25) is 4.79 Å². The van der Waals surface area contributed by atoms with Gasteiger partial charge in [0, 0.05) is 24.9 Å². The van der Waals surface area contributed by atoms with Crippen LogP contribution >= 0.6 is 0 Å². The largest absolute Gasteiger partial charge is 0.497 e. The van der Waals surface area contributed by atoms with E-state index < -0.39 is 5.60 Å². The maximum absolute atomic E-state index is 12.8. The number of carbonyl (C=O) groups is 1. The Morgan fingerprint density at radius 3 is 2.77 bits per heavy atom. The lowest BCUT2D eigenvalue weighted by molar-refractivity contribution is -0.137. The number of nitrogens with zero attached hydrogens (tertiary/aromatic N) is 3. The molecule has 1 aromatic carbocycles. The van der Waals surface area contributed by atoms with Crippen LogP contribution in [0.5, 0.6) is 5.75 Å². The minimum Gasteiger partial charge on any atom is -0.497 e. The van der Waals surface area contributed by atoms with Crippen LogP contribution in [0.15, 0.2) is 42.9 Å². The molecule has 1 saturated heterocycles. The summed E-state index contributed by atoms with van der Waals surface area (Å²) in [5.74, 6) is 0.800. The summed E-state index contributed by atoms with van der Waals surface area (Å²) in [6.45, 7) is 2.47. The first-order valence-corrected chi connectivity index (χ1v) is 8.93. The average Bonchev–Trinajstić information content (AvgIpc) is 3.18. The summed E-state index contributed by atoms with van der Waals surface area (Å²) in [7, 11) is 1.61. The fraction of sp³-hybridized carbons (Fsp3) is 0.450. The molecular weight excluding hydrogens is 330 g/mol. The Balaban J connectivity index is 1.70. The second-order valence-electron chi connectivity index (χ2n) is 6.82. The Bertz CT molecular complexity index is 732. The summed E-state index contributed by atoms with van der Waals surface area (Å²) in [5.41, 5.74) is 0.540. The molecule has 138 valence electrons. The highest BCUT2D eigenvalue weighted by molar-refractivity contribution is 5.77. The third kappa shape index (κ3) is 3.85. The van der Waals surface area contributed by atoms with Crippen molar-refractivity contribution in [2.75, 3.05) is 13.7 Å². The zero-order valence-electron chi connectivity index (χ0n) is 15.3. The summed E-state index contributed by atoms with van der Waals surface area (Å²) in [6, 6.07) is 8.98. The van der Waals surface area contributed by atoms with Gasteiger partial charge in [-0.05, 0) is 49.9 Å². The number of aryl methyl sites for hydroxylation is 1. The molecule has 0 aliphatic carbocycles. The van der Waals surface area contributed by atoms with Crippen molar-refractivity contribution in [3.8, 4) is 5.75 Å². The quantitative estimate of drug-likeness (QED) is 0.861. The number of likely N-dealkylation sites (tertiary alicyclic amines) is 1. The molecule has 0 saturated carbocycles. The molecule has 1 fully saturated rings. The molecule has 1 aromatic heterocycles. The number of methoxy groups -OCH3 is 1. The first-order chi connectivity index (χ1) is 12.5. The van der Waals surface area contributed by atoms with Crippen molar-refractivity contribution in [1.29, 1.82) is 0 Å². The maximum Gasteiger partial charge on any atom is 0.223 e. The first kappa shape index (κ1) is 18.3. The van der Waals surface area contributed by atoms with Gasteiger partial charge in [0.25, 0.3) is 0 Å². The molecule has 0 spiro atoms. The van der Waals surface area contributed by atoms with Gasteiger partial charge in [-0.15, -0.1) is 0 Å². The lowest BCUT2D eigenvalue weighted by atomic mass is 9.86. The number of aromatic nitrogens is 2. The predicted octanol–water partition coefficient (Wildman–Crippen LogP) is 2.32. The number of benzene rings is 1. The molecule has 0 radical (unpaired) electrons. The molecule has 0 bridgehead atoms. The van der Waals surface area contributed by atoms with Crippen LogP contribution in [-0.2, 0) is 16.8 Å². The normalized spacial score (nSPS) is 19.2. The molecule has 1 amide bonds. The van der Waals surface area contributed by atoms with E-state index in [1.165, 1.54) is 6.33 Å². The summed E-state index contributed by atoms with van der Waals surface area (Å²) in [5, 5.41) is 11.2. The van der Waals surface area contributed by atoms with Crippen LogP contribution in [0.1, 0.15) is 37.4 Å². The fourth-order valence-electron chi connectivity index (χ4n) is 3.62. The summed E-state index contributed by atoms with van der Waals surface area (Å²) in [6.07, 6.45) is 5.82. The van der Waals surface area contributed by atoms with E-state index in [0.717, 1.165) is 29.8 Å². The van der Waals surface area contributed by atoms with E-state index in [1.54, 1.807) is 20.2 Å². The van der Waals surface area contributed by atoms with Crippen LogP contribution in [0.2, 0.25) is 0 Å². The van der Waals surface area contributed by atoms with Gasteiger partial charge in [0.1, 0.15) is 17.7 Å². The maximum atomic E-state index is 12.8. The minimum absolute atomic E-state index is 0.0555. The second-order valence-corrected chi connectivity index (χ2v) is 6.82. The molecule has 1 aliphatic heterocycles. The zero-order valence-corrected chi connectivity index (χ0v) is 15.3. The van der Waals surface area contributed by atoms with Crippen molar-refractivity contribution in [3.05, 3.63) is 54.1 Å². The van der Waals surface area contributed by atoms with E-state index >= 15 is 0 Å². The molecule has 2 atom stereocenters. The van der Waals surface area contributed by atoms with Crippen molar-refractivity contribution < 1.29 is 14.6 Å². The van der Waals surface area contributed by atoms with Gasteiger partial charge < -0.3 is 14.7 Å². The van der Waals surface area contributed by atoms with Crippen LogP contribution in [0.3, 0.4) is 0 Å². The number of hydrogen-bond donors (Lipinski definition) is 1. The Morgan fingerprint density at radius 1 is 1.35 bits per heavy atom. The number of carbonyl (C=O) groups excluding carboxylic acids is 1. The van der Waals surface area contributed by atoms with Gasteiger partial charge in [-0.1, -0.05) is 12.1 Å². The highest BCUT2D eigenvalue weighted by Gasteiger charge is 2.42. The SMILES string of the molecule is COc1ccc([C@](C)(O)[C@H]2CCCN2C(=O)CCc2ccncn2)cc1. The van der Waals surface area contributed by atoms with Crippen LogP contribution in [-0.4, -0.2) is 45.6 Å². The highest BCUT2D eigenvalue weighted by Crippen LogP contribution is 2.35. The third-order valence-electron chi connectivity index (χ3n) is 5.13. The fourth-order valence-corrected chi connectivity index (χ4v) is 3.62. The van der Waals surface area contributed by atoms with Gasteiger partial charge in [0.05, 0.1) is 13.2 Å². The lowest BCUT2D eigenvalue weighted by Gasteiger charge is -2.37. The summed E-state index contributed by atoms with van der Waals surface area (Å²) >= 11 is 0. The van der Waals surface area contributed by atoms with Crippen molar-refractivity contribution in [1.82, 2.24) is 14.9 Å². The van der Waals surface area contributed by atoms with E-state index in [1.807, 2.05) is 35.2 Å². The Hall–Kier alpha value is -2.47. The minimum atomic E-state index is -1.10. The van der Waals surface area contributed by atoms with E-state index in [-0.39, 0.29) is 11.9 Å². The standard InChI is InChI=1S/C20H25N3O3/c1-20(25,15-5-8-17(26-2)9-6-15)18-4-3-13-23(18)19(24)10-7-16-11-12-21-14-22-16/h5-6,8-9,11-12,14,18,25H,3-4,7,10,13H2,1-2H3/t18-,20+/m1/s1. The summed E-state index contributed by atoms with van der Waals surface area (Å²) in [4.78, 5) is 22.6. The molecule has 2 heterocycles. The topological polar surface area (TPSA) is 75.6 Å². The molecule has 0 unspecified atom stereocenters. The van der Waals surface area contributed by atoms with Gasteiger partial charge in [0.15, 0.2) is 0 Å². The molecule has 26 heavy (non-hydrogen) atoms. The molecule has 3 rings (SSSR count). The first-order valence-electron chi connectivity index (χ1n) is 8.93. The van der Waals surface area contributed by atoms with Crippen LogP contribution < -0.4 is 4.74 Å². The Labute approximate surface area is 153 Å². The number of rotatable bonds is 6. The van der Waals surface area contributed by atoms with E-state index in [9.17, 15) is 9.90 Å². The molecule has 2 aromatic rings. The third-order valence-corrected chi connectivity index (χ3v) is 5.13. The Morgan fingerprint density at radius 2 is 2.12 bits per heavy atom. The number of amides is 1. The van der Waals surface area contributed by atoms with Crippen LogP contribution in [0, 0.1) is 0 Å². The number of aliphatic hydroxyl groups is 1. The monoisotopic (exact) mass is 355 g/mol. The number of hydrogen-bond acceptors (Lipinski definition) is 5. The highest BCUT2D eigenvalue weighted by atomic mass is 16.5. The van der Waals surface area contributed by atoms with E-state index in [2.05, 4.69) is 9.97 Å². The van der Waals surface area contributed by atoms with Crippen molar-refractivity contribution in [2.45, 2.75) is 44.2 Å². The zero-order chi connectivity index (χ0) is 18.6. The smallest absolute Gasteiger partial charge is 0.223 e. The van der Waals surface area contributed by atoms with Crippen molar-refractivity contribution in [2.24, 2.45) is 0 Å². The number of ether oxygens (including phenoxy) is 1. The summed E-state index contributed by atoms with van der Waals surface area (Å²) < 4.78 is 5.18. The van der Waals surface area contributed by atoms with E-state index in [0.29, 0.717) is 19.4 Å². The Kier molecular flexibility index (Phi) is 5.52. The average molecular weight is 355 g/mol. The van der Waals surface area contributed by atoms with Crippen molar-refractivity contribution in [3.63, 3.8) is 0 Å². The van der Waals surface area contributed by atoms with Gasteiger partial charge in [0.2, 0.25) is 5.91 Å². The second kappa shape index (κ2) is 7.83. The molecule has 1 N–H and O–H groups in total. The molecule has 6 nitrogen and oxygen atoms in total.